The van der Waals surface area contributed by atoms with Crippen molar-refractivity contribution in [3.05, 3.63) is 18.3 Å². The van der Waals surface area contributed by atoms with Crippen LogP contribution in [0.2, 0.25) is 0 Å². The van der Waals surface area contributed by atoms with Gasteiger partial charge in [0.15, 0.2) is 0 Å². The number of methoxy groups -OCH3 is 2. The number of carbonyl (C=O) groups excluding carboxylic acids is 1. The van der Waals surface area contributed by atoms with Gasteiger partial charge in [-0.25, -0.2) is 4.98 Å². The lowest BCUT2D eigenvalue weighted by Gasteiger charge is -2.07. The molecule has 1 rings (SSSR count). The number of hydrogen-bond donors (Lipinski definition) is 1. The molecule has 0 aliphatic heterocycles. The first-order valence-corrected chi connectivity index (χ1v) is 6.20. The van der Waals surface area contributed by atoms with E-state index in [0.717, 1.165) is 0 Å². The van der Waals surface area contributed by atoms with Crippen molar-refractivity contribution >= 4 is 11.6 Å². The van der Waals surface area contributed by atoms with Gasteiger partial charge in [0.1, 0.15) is 13.2 Å². The third kappa shape index (κ3) is 7.03. The number of amides is 1. The highest BCUT2D eigenvalue weighted by molar-refractivity contribution is 5.91. The Kier molecular flexibility index (Phi) is 8.28. The van der Waals surface area contributed by atoms with Crippen molar-refractivity contribution in [3.8, 4) is 5.88 Å². The van der Waals surface area contributed by atoms with Crippen LogP contribution in [0.15, 0.2) is 18.3 Å². The Balaban J connectivity index is 2.27. The van der Waals surface area contributed by atoms with Crippen LogP contribution >= 0.6 is 0 Å². The minimum absolute atomic E-state index is 0.0184. The maximum atomic E-state index is 11.5. The summed E-state index contributed by atoms with van der Waals surface area (Å²) in [7, 11) is 3.18. The van der Waals surface area contributed by atoms with Crippen LogP contribution in [0.3, 0.4) is 0 Å². The quantitative estimate of drug-likeness (QED) is 0.637. The van der Waals surface area contributed by atoms with Gasteiger partial charge in [-0.1, -0.05) is 0 Å². The van der Waals surface area contributed by atoms with E-state index < -0.39 is 0 Å². The van der Waals surface area contributed by atoms with Crippen LogP contribution in [0.25, 0.3) is 0 Å². The molecular weight excluding hydrogens is 264 g/mol. The lowest BCUT2D eigenvalue weighted by atomic mass is 10.4. The second-order valence-corrected chi connectivity index (χ2v) is 3.82. The van der Waals surface area contributed by atoms with E-state index in [-0.39, 0.29) is 12.5 Å². The molecular formula is C13H20N2O5. The van der Waals surface area contributed by atoms with Crippen molar-refractivity contribution in [2.75, 3.05) is 52.6 Å². The normalized spacial score (nSPS) is 10.3. The maximum absolute atomic E-state index is 11.5. The number of nitrogens with zero attached hydrogens (tertiary/aromatic N) is 1. The Morgan fingerprint density at radius 2 is 1.90 bits per heavy atom. The summed E-state index contributed by atoms with van der Waals surface area (Å²) in [5, 5.41) is 2.67. The Morgan fingerprint density at radius 1 is 1.15 bits per heavy atom. The summed E-state index contributed by atoms with van der Waals surface area (Å²) in [4.78, 5) is 15.6. The first-order chi connectivity index (χ1) is 9.76. The molecule has 0 saturated carbocycles. The van der Waals surface area contributed by atoms with E-state index in [4.69, 9.17) is 18.9 Å². The van der Waals surface area contributed by atoms with Crippen LogP contribution in [0.4, 0.5) is 5.69 Å². The third-order valence-electron chi connectivity index (χ3n) is 2.22. The Bertz CT molecular complexity index is 383. The summed E-state index contributed by atoms with van der Waals surface area (Å²) >= 11 is 0. The Hall–Kier alpha value is -1.70. The summed E-state index contributed by atoms with van der Waals surface area (Å²) in [5.41, 5.74) is 0.587. The van der Waals surface area contributed by atoms with Gasteiger partial charge in [0.05, 0.1) is 31.7 Å². The second kappa shape index (κ2) is 10.1. The summed E-state index contributed by atoms with van der Waals surface area (Å²) in [6.07, 6.45) is 1.52. The molecule has 0 bridgehead atoms. The SMILES string of the molecule is COCCOCC(=O)Nc1ccc(OCCOC)nc1. The molecule has 0 radical (unpaired) electrons. The van der Waals surface area contributed by atoms with Gasteiger partial charge in [0.25, 0.3) is 0 Å². The summed E-state index contributed by atoms with van der Waals surface area (Å²) in [6, 6.07) is 3.39. The average molecular weight is 284 g/mol. The molecule has 7 nitrogen and oxygen atoms in total. The number of ether oxygens (including phenoxy) is 4. The monoisotopic (exact) mass is 284 g/mol. The van der Waals surface area contributed by atoms with Crippen molar-refractivity contribution in [1.82, 2.24) is 4.98 Å². The Labute approximate surface area is 118 Å². The highest BCUT2D eigenvalue weighted by atomic mass is 16.5. The highest BCUT2D eigenvalue weighted by Crippen LogP contribution is 2.11. The van der Waals surface area contributed by atoms with Crippen LogP contribution in [0.1, 0.15) is 0 Å². The Morgan fingerprint density at radius 3 is 2.55 bits per heavy atom. The molecule has 1 N–H and O–H groups in total. The molecule has 0 spiro atoms. The number of anilines is 1. The molecule has 7 heteroatoms. The molecule has 1 aromatic heterocycles. The second-order valence-electron chi connectivity index (χ2n) is 3.82. The maximum Gasteiger partial charge on any atom is 0.250 e. The number of aromatic nitrogens is 1. The van der Waals surface area contributed by atoms with Crippen LogP contribution in [-0.4, -0.2) is 58.1 Å². The predicted molar refractivity (Wildman–Crippen MR) is 72.9 cm³/mol. The van der Waals surface area contributed by atoms with Crippen molar-refractivity contribution in [3.63, 3.8) is 0 Å². The summed E-state index contributed by atoms with van der Waals surface area (Å²) in [5.74, 6) is 0.243. The molecule has 1 heterocycles. The zero-order chi connectivity index (χ0) is 14.6. The minimum Gasteiger partial charge on any atom is -0.475 e. The molecule has 0 aliphatic rings. The summed E-state index contributed by atoms with van der Waals surface area (Å²) in [6.45, 7) is 1.76. The molecule has 1 aromatic rings. The van der Waals surface area contributed by atoms with Crippen LogP contribution in [-0.2, 0) is 19.0 Å². The van der Waals surface area contributed by atoms with E-state index in [1.165, 1.54) is 6.20 Å². The molecule has 0 aliphatic carbocycles. The van der Waals surface area contributed by atoms with E-state index >= 15 is 0 Å². The van der Waals surface area contributed by atoms with Gasteiger partial charge < -0.3 is 24.3 Å². The van der Waals surface area contributed by atoms with Crippen LogP contribution in [0, 0.1) is 0 Å². The van der Waals surface area contributed by atoms with Crippen molar-refractivity contribution < 1.29 is 23.7 Å². The lowest BCUT2D eigenvalue weighted by Crippen LogP contribution is -2.19. The molecule has 1 amide bonds. The fourth-order valence-electron chi connectivity index (χ4n) is 1.27. The minimum atomic E-state index is -0.240. The van der Waals surface area contributed by atoms with Crippen LogP contribution in [0.5, 0.6) is 5.88 Å². The zero-order valence-corrected chi connectivity index (χ0v) is 11.8. The fourth-order valence-corrected chi connectivity index (χ4v) is 1.27. The fraction of sp³-hybridized carbons (Fsp3) is 0.538. The van der Waals surface area contributed by atoms with Gasteiger partial charge in [-0.3, -0.25) is 4.79 Å². The first-order valence-electron chi connectivity index (χ1n) is 6.20. The molecule has 0 saturated heterocycles. The van der Waals surface area contributed by atoms with Gasteiger partial charge in [-0.2, -0.15) is 0 Å². The zero-order valence-electron chi connectivity index (χ0n) is 11.8. The molecule has 112 valence electrons. The van der Waals surface area contributed by atoms with Gasteiger partial charge in [0, 0.05) is 20.3 Å². The van der Waals surface area contributed by atoms with Crippen molar-refractivity contribution in [2.24, 2.45) is 0 Å². The van der Waals surface area contributed by atoms with E-state index in [9.17, 15) is 4.79 Å². The summed E-state index contributed by atoms with van der Waals surface area (Å²) < 4.78 is 20.1. The first kappa shape index (κ1) is 16.4. The van der Waals surface area contributed by atoms with Crippen LogP contribution < -0.4 is 10.1 Å². The van der Waals surface area contributed by atoms with Gasteiger partial charge in [0.2, 0.25) is 11.8 Å². The van der Waals surface area contributed by atoms with Gasteiger partial charge >= 0.3 is 0 Å². The molecule has 0 unspecified atom stereocenters. The smallest absolute Gasteiger partial charge is 0.250 e. The van der Waals surface area contributed by atoms with E-state index in [1.54, 1.807) is 26.4 Å². The average Bonchev–Trinajstić information content (AvgIpc) is 2.46. The third-order valence-corrected chi connectivity index (χ3v) is 2.22. The van der Waals surface area contributed by atoms with E-state index in [1.807, 2.05) is 0 Å². The molecule has 0 atom stereocenters. The van der Waals surface area contributed by atoms with E-state index in [2.05, 4.69) is 10.3 Å². The number of pyridine rings is 1. The predicted octanol–water partition coefficient (Wildman–Crippen LogP) is 0.708. The number of carbonyl (C=O) groups is 1. The number of nitrogens with one attached hydrogen (secondary N) is 1. The van der Waals surface area contributed by atoms with Gasteiger partial charge in [-0.05, 0) is 6.07 Å². The lowest BCUT2D eigenvalue weighted by molar-refractivity contribution is -0.121. The molecule has 0 aromatic carbocycles. The standard InChI is InChI=1S/C13H20N2O5/c1-17-5-7-19-10-12(16)15-11-3-4-13(14-9-11)20-8-6-18-2/h3-4,9H,5-8,10H2,1-2H3,(H,15,16). The number of hydrogen-bond acceptors (Lipinski definition) is 6. The van der Waals surface area contributed by atoms with E-state index in [0.29, 0.717) is 38.0 Å². The van der Waals surface area contributed by atoms with Crippen molar-refractivity contribution in [1.29, 1.82) is 0 Å². The molecule has 20 heavy (non-hydrogen) atoms. The largest absolute Gasteiger partial charge is 0.475 e. The highest BCUT2D eigenvalue weighted by Gasteiger charge is 2.03. The van der Waals surface area contributed by atoms with Crippen molar-refractivity contribution in [2.45, 2.75) is 0 Å². The number of rotatable bonds is 10. The molecule has 0 fully saturated rings. The van der Waals surface area contributed by atoms with Gasteiger partial charge in [-0.15, -0.1) is 0 Å². The topological polar surface area (TPSA) is 78.9 Å².